The van der Waals surface area contributed by atoms with E-state index in [9.17, 15) is 18.0 Å². The lowest BCUT2D eigenvalue weighted by Crippen LogP contribution is -2.10. The number of halogens is 3. The minimum absolute atomic E-state index is 0.164. The molecular formula is C20H18F3N5O2. The third-order valence-electron chi connectivity index (χ3n) is 3.96. The van der Waals surface area contributed by atoms with Crippen LogP contribution in [0.4, 0.5) is 24.8 Å². The van der Waals surface area contributed by atoms with Gasteiger partial charge in [-0.25, -0.2) is 9.97 Å². The van der Waals surface area contributed by atoms with E-state index in [1.54, 1.807) is 43.6 Å². The molecule has 3 aromatic rings. The van der Waals surface area contributed by atoms with Crippen molar-refractivity contribution >= 4 is 17.6 Å². The minimum atomic E-state index is -4.55. The average molecular weight is 417 g/mol. The van der Waals surface area contributed by atoms with Crippen LogP contribution in [0, 0.1) is 0 Å². The second-order valence-corrected chi connectivity index (χ2v) is 6.17. The molecule has 0 spiro atoms. The molecule has 0 saturated heterocycles. The molecule has 0 atom stereocenters. The molecule has 3 rings (SSSR count). The van der Waals surface area contributed by atoms with Crippen molar-refractivity contribution in [3.63, 3.8) is 0 Å². The monoisotopic (exact) mass is 417 g/mol. The predicted molar refractivity (Wildman–Crippen MR) is 103 cm³/mol. The zero-order chi connectivity index (χ0) is 21.6. The molecule has 156 valence electrons. The van der Waals surface area contributed by atoms with Gasteiger partial charge in [0.15, 0.2) is 0 Å². The third kappa shape index (κ3) is 5.72. The lowest BCUT2D eigenvalue weighted by Gasteiger charge is -2.09. The maximum absolute atomic E-state index is 12.8. The quantitative estimate of drug-likeness (QED) is 0.577. The van der Waals surface area contributed by atoms with Crippen LogP contribution in [0.15, 0.2) is 48.9 Å². The lowest BCUT2D eigenvalue weighted by molar-refractivity contribution is -0.143. The van der Waals surface area contributed by atoms with Crippen molar-refractivity contribution in [3.05, 3.63) is 60.3 Å². The Kier molecular flexibility index (Phi) is 6.55. The van der Waals surface area contributed by atoms with Crippen molar-refractivity contribution in [1.82, 2.24) is 19.9 Å². The first kappa shape index (κ1) is 21.2. The van der Waals surface area contributed by atoms with Gasteiger partial charge < -0.3 is 10.1 Å². The molecule has 0 bridgehead atoms. The highest BCUT2D eigenvalue weighted by atomic mass is 19.4. The summed E-state index contributed by atoms with van der Waals surface area (Å²) in [4.78, 5) is 27.4. The molecule has 0 aliphatic rings. The van der Waals surface area contributed by atoms with Gasteiger partial charge >= 0.3 is 12.1 Å². The average Bonchev–Trinajstić information content (AvgIpc) is 2.73. The number of aromatic nitrogens is 4. The topological polar surface area (TPSA) is 89.9 Å². The fraction of sp³-hybridized carbons (Fsp3) is 0.250. The molecule has 0 unspecified atom stereocenters. The summed E-state index contributed by atoms with van der Waals surface area (Å²) >= 11 is 0. The number of hydrogen-bond donors (Lipinski definition) is 1. The molecule has 0 radical (unpaired) electrons. The number of esters is 1. The normalized spacial score (nSPS) is 11.2. The van der Waals surface area contributed by atoms with E-state index >= 15 is 0 Å². The molecule has 0 fully saturated rings. The van der Waals surface area contributed by atoms with Crippen molar-refractivity contribution in [2.24, 2.45) is 0 Å². The maximum atomic E-state index is 12.8. The fourth-order valence-electron chi connectivity index (χ4n) is 2.56. The van der Waals surface area contributed by atoms with Crippen LogP contribution >= 0.6 is 0 Å². The van der Waals surface area contributed by atoms with Crippen molar-refractivity contribution in [2.75, 3.05) is 11.9 Å². The molecule has 30 heavy (non-hydrogen) atoms. The lowest BCUT2D eigenvalue weighted by atomic mass is 10.1. The standard InChI is InChI=1S/C20H18F3N5O2/c1-2-30-18(29)7-6-15-11-26-16(12-25-15)13-4-3-5-14(10-13)27-19-24-9-8-17(28-19)20(21,22)23/h3-5,8-12H,2,6-7H2,1H3,(H,24,27,28). The molecule has 1 N–H and O–H groups in total. The van der Waals surface area contributed by atoms with Crippen molar-refractivity contribution in [2.45, 2.75) is 25.9 Å². The summed E-state index contributed by atoms with van der Waals surface area (Å²) in [6.45, 7) is 2.08. The molecular weight excluding hydrogens is 399 g/mol. The van der Waals surface area contributed by atoms with Gasteiger partial charge in [-0.15, -0.1) is 0 Å². The van der Waals surface area contributed by atoms with Crippen LogP contribution in [0.3, 0.4) is 0 Å². The van der Waals surface area contributed by atoms with Gasteiger partial charge in [0.05, 0.1) is 30.6 Å². The number of nitrogens with one attached hydrogen (secondary N) is 1. The van der Waals surface area contributed by atoms with Gasteiger partial charge in [-0.1, -0.05) is 12.1 Å². The Labute approximate surface area is 170 Å². The second-order valence-electron chi connectivity index (χ2n) is 6.17. The van der Waals surface area contributed by atoms with Crippen molar-refractivity contribution in [3.8, 4) is 11.3 Å². The van der Waals surface area contributed by atoms with Crippen LogP contribution < -0.4 is 5.32 Å². The molecule has 7 nitrogen and oxygen atoms in total. The molecule has 0 amide bonds. The third-order valence-corrected chi connectivity index (χ3v) is 3.96. The largest absolute Gasteiger partial charge is 0.466 e. The first-order chi connectivity index (χ1) is 14.3. The van der Waals surface area contributed by atoms with E-state index in [0.29, 0.717) is 35.7 Å². The number of anilines is 2. The van der Waals surface area contributed by atoms with Crippen LogP contribution in [0.25, 0.3) is 11.3 Å². The van der Waals surface area contributed by atoms with Gasteiger partial charge in [0.25, 0.3) is 0 Å². The van der Waals surface area contributed by atoms with Crippen LogP contribution in [0.5, 0.6) is 0 Å². The van der Waals surface area contributed by atoms with Gasteiger partial charge in [0, 0.05) is 30.1 Å². The number of hydrogen-bond acceptors (Lipinski definition) is 7. The van der Waals surface area contributed by atoms with Gasteiger partial charge in [-0.05, 0) is 25.1 Å². The van der Waals surface area contributed by atoms with Gasteiger partial charge in [0.2, 0.25) is 5.95 Å². The number of benzene rings is 1. The van der Waals surface area contributed by atoms with E-state index in [-0.39, 0.29) is 18.3 Å². The van der Waals surface area contributed by atoms with Gasteiger partial charge in [-0.3, -0.25) is 14.8 Å². The summed E-state index contributed by atoms with van der Waals surface area (Å²) in [5.41, 5.74) is 1.40. The number of ether oxygens (including phenoxy) is 1. The van der Waals surface area contributed by atoms with Crippen molar-refractivity contribution in [1.29, 1.82) is 0 Å². The molecule has 0 aliphatic carbocycles. The Morgan fingerprint density at radius 3 is 2.67 bits per heavy atom. The SMILES string of the molecule is CCOC(=O)CCc1cnc(-c2cccc(Nc3nccc(C(F)(F)F)n3)c2)cn1. The number of alkyl halides is 3. The number of rotatable bonds is 7. The summed E-state index contributed by atoms with van der Waals surface area (Å²) in [5, 5.41) is 2.76. The molecule has 0 aliphatic heterocycles. The second kappa shape index (κ2) is 9.29. The van der Waals surface area contributed by atoms with E-state index in [0.717, 1.165) is 12.3 Å². The highest BCUT2D eigenvalue weighted by Gasteiger charge is 2.32. The summed E-state index contributed by atoms with van der Waals surface area (Å²) < 4.78 is 43.3. The Balaban J connectivity index is 1.70. The Bertz CT molecular complexity index is 1010. The Morgan fingerprint density at radius 1 is 1.13 bits per heavy atom. The molecule has 2 heterocycles. The highest BCUT2D eigenvalue weighted by Crippen LogP contribution is 2.28. The van der Waals surface area contributed by atoms with E-state index in [4.69, 9.17) is 4.74 Å². The Hall–Kier alpha value is -3.56. The molecule has 10 heteroatoms. The first-order valence-corrected chi connectivity index (χ1v) is 9.09. The van der Waals surface area contributed by atoms with Crippen molar-refractivity contribution < 1.29 is 22.7 Å². The zero-order valence-electron chi connectivity index (χ0n) is 16.0. The minimum Gasteiger partial charge on any atom is -0.466 e. The van der Waals surface area contributed by atoms with Crippen LogP contribution in [0.1, 0.15) is 24.7 Å². The number of aryl methyl sites for hydroxylation is 1. The van der Waals surface area contributed by atoms with E-state index in [2.05, 4.69) is 25.3 Å². The predicted octanol–water partition coefficient (Wildman–Crippen LogP) is 4.19. The summed E-state index contributed by atoms with van der Waals surface area (Å²) in [7, 11) is 0. The summed E-state index contributed by atoms with van der Waals surface area (Å²) in [6.07, 6.45) is 0.276. The van der Waals surface area contributed by atoms with E-state index in [1.165, 1.54) is 0 Å². The fourth-order valence-corrected chi connectivity index (χ4v) is 2.56. The molecule has 0 saturated carbocycles. The molecule has 1 aromatic carbocycles. The Morgan fingerprint density at radius 2 is 1.97 bits per heavy atom. The highest BCUT2D eigenvalue weighted by molar-refractivity contribution is 5.69. The van der Waals surface area contributed by atoms with E-state index in [1.807, 2.05) is 0 Å². The number of carbonyl (C=O) groups is 1. The van der Waals surface area contributed by atoms with E-state index < -0.39 is 11.9 Å². The van der Waals surface area contributed by atoms with Crippen LogP contribution in [-0.4, -0.2) is 32.5 Å². The molecule has 2 aromatic heterocycles. The van der Waals surface area contributed by atoms with Gasteiger partial charge in [-0.2, -0.15) is 13.2 Å². The zero-order valence-corrected chi connectivity index (χ0v) is 16.0. The first-order valence-electron chi connectivity index (χ1n) is 9.09. The maximum Gasteiger partial charge on any atom is 0.433 e. The number of nitrogens with zero attached hydrogens (tertiary/aromatic N) is 4. The summed E-state index contributed by atoms with van der Waals surface area (Å²) in [6, 6.07) is 7.70. The van der Waals surface area contributed by atoms with Gasteiger partial charge in [0.1, 0.15) is 5.69 Å². The summed E-state index contributed by atoms with van der Waals surface area (Å²) in [5.74, 6) is -0.457. The van der Waals surface area contributed by atoms with Crippen LogP contribution in [0.2, 0.25) is 0 Å². The van der Waals surface area contributed by atoms with Crippen LogP contribution in [-0.2, 0) is 22.1 Å². The number of carbonyl (C=O) groups excluding carboxylic acids is 1. The smallest absolute Gasteiger partial charge is 0.433 e.